The van der Waals surface area contributed by atoms with Crippen LogP contribution in [0.4, 0.5) is 0 Å². The molecular weight excluding hydrogens is 458 g/mol. The molecule has 2 aliphatic rings. The zero-order valence-corrected chi connectivity index (χ0v) is 20.3. The third kappa shape index (κ3) is 5.34. The minimum atomic E-state index is -3.67. The lowest BCUT2D eigenvalue weighted by Crippen LogP contribution is -2.55. The van der Waals surface area contributed by atoms with Gasteiger partial charge in [-0.3, -0.25) is 9.59 Å². The van der Waals surface area contributed by atoms with Gasteiger partial charge in [-0.1, -0.05) is 12.1 Å². The van der Waals surface area contributed by atoms with E-state index in [2.05, 4.69) is 4.72 Å². The van der Waals surface area contributed by atoms with E-state index in [0.29, 0.717) is 43.2 Å². The van der Waals surface area contributed by atoms with Gasteiger partial charge in [-0.05, 0) is 57.2 Å². The van der Waals surface area contributed by atoms with Crippen LogP contribution in [0.25, 0.3) is 0 Å². The summed E-state index contributed by atoms with van der Waals surface area (Å²) in [6.07, 6.45) is -0.714. The lowest BCUT2D eigenvalue weighted by molar-refractivity contribution is -0.142. The van der Waals surface area contributed by atoms with Crippen LogP contribution < -0.4 is 14.2 Å². The van der Waals surface area contributed by atoms with Gasteiger partial charge in [0.1, 0.15) is 6.61 Å². The van der Waals surface area contributed by atoms with Crippen molar-refractivity contribution in [1.29, 1.82) is 0 Å². The number of carbonyl (C=O) groups excluding carboxylic acids is 2. The van der Waals surface area contributed by atoms with Gasteiger partial charge < -0.3 is 19.3 Å². The van der Waals surface area contributed by atoms with Gasteiger partial charge in [0.25, 0.3) is 11.8 Å². The summed E-state index contributed by atoms with van der Waals surface area (Å²) in [5, 5.41) is 0. The Morgan fingerprint density at radius 2 is 1.50 bits per heavy atom. The molecule has 182 valence electrons. The first-order chi connectivity index (χ1) is 16.0. The van der Waals surface area contributed by atoms with Gasteiger partial charge in [-0.2, -0.15) is 0 Å². The van der Waals surface area contributed by atoms with Crippen LogP contribution in [0.3, 0.4) is 0 Å². The van der Waals surface area contributed by atoms with Gasteiger partial charge in [0.05, 0.1) is 4.90 Å². The lowest BCUT2D eigenvalue weighted by Gasteiger charge is -2.37. The van der Waals surface area contributed by atoms with Crippen molar-refractivity contribution in [3.8, 4) is 11.5 Å². The van der Waals surface area contributed by atoms with E-state index in [9.17, 15) is 18.0 Å². The molecule has 0 aromatic heterocycles. The van der Waals surface area contributed by atoms with E-state index in [4.69, 9.17) is 9.47 Å². The Labute approximate surface area is 199 Å². The molecule has 10 heteroatoms. The molecule has 2 heterocycles. The van der Waals surface area contributed by atoms with Crippen LogP contribution in [-0.2, 0) is 14.8 Å². The molecular formula is C24H29N3O6S. The fraction of sp³-hybridized carbons (Fsp3) is 0.417. The molecule has 1 atom stereocenters. The average molecular weight is 488 g/mol. The molecule has 1 N–H and O–H groups in total. The second kappa shape index (κ2) is 9.27. The number of hydrogen-bond donors (Lipinski definition) is 1. The first-order valence-electron chi connectivity index (χ1n) is 11.1. The fourth-order valence-corrected chi connectivity index (χ4v) is 5.31. The van der Waals surface area contributed by atoms with Gasteiger partial charge in [0.15, 0.2) is 11.5 Å². The van der Waals surface area contributed by atoms with E-state index < -0.39 is 21.7 Å². The topological polar surface area (TPSA) is 105 Å². The normalized spacial score (nSPS) is 18.5. The Morgan fingerprint density at radius 3 is 2.12 bits per heavy atom. The standard InChI is InChI=1S/C24H29N3O6S/c1-24(2,3)25-34(30,31)18-10-8-17(9-11-18)22(28)26-12-14-27(15-13-26)23(29)21-16-32-19-6-4-5-7-20(19)33-21/h4-11,21,25H,12-16H2,1-3H3. The molecule has 1 unspecified atom stereocenters. The van der Waals surface area contributed by atoms with Crippen molar-refractivity contribution < 1.29 is 27.5 Å². The monoisotopic (exact) mass is 487 g/mol. The summed E-state index contributed by atoms with van der Waals surface area (Å²) in [7, 11) is -3.67. The van der Waals surface area contributed by atoms with E-state index in [1.54, 1.807) is 42.7 Å². The van der Waals surface area contributed by atoms with Crippen LogP contribution in [0, 0.1) is 0 Å². The predicted molar refractivity (Wildman–Crippen MR) is 125 cm³/mol. The number of ether oxygens (including phenoxy) is 2. The molecule has 1 fully saturated rings. The smallest absolute Gasteiger partial charge is 0.267 e. The Bertz CT molecular complexity index is 1170. The van der Waals surface area contributed by atoms with E-state index in [-0.39, 0.29) is 23.3 Å². The predicted octanol–water partition coefficient (Wildman–Crippen LogP) is 1.89. The van der Waals surface area contributed by atoms with Crippen molar-refractivity contribution in [1.82, 2.24) is 14.5 Å². The van der Waals surface area contributed by atoms with Crippen molar-refractivity contribution in [2.24, 2.45) is 0 Å². The van der Waals surface area contributed by atoms with Crippen LogP contribution >= 0.6 is 0 Å². The Balaban J connectivity index is 1.33. The number of fused-ring (bicyclic) bond motifs is 1. The van der Waals surface area contributed by atoms with Crippen LogP contribution in [0.15, 0.2) is 53.4 Å². The highest BCUT2D eigenvalue weighted by Gasteiger charge is 2.33. The third-order valence-corrected chi connectivity index (χ3v) is 7.29. The Hall–Kier alpha value is -3.11. The number of sulfonamides is 1. The number of benzene rings is 2. The highest BCUT2D eigenvalue weighted by atomic mass is 32.2. The zero-order chi connectivity index (χ0) is 24.5. The summed E-state index contributed by atoms with van der Waals surface area (Å²) >= 11 is 0. The summed E-state index contributed by atoms with van der Waals surface area (Å²) in [6.45, 7) is 6.95. The first kappa shape index (κ1) is 24.0. The average Bonchev–Trinajstić information content (AvgIpc) is 2.81. The molecule has 0 spiro atoms. The van der Waals surface area contributed by atoms with Crippen LogP contribution in [0.2, 0.25) is 0 Å². The molecule has 0 radical (unpaired) electrons. The highest BCUT2D eigenvalue weighted by molar-refractivity contribution is 7.89. The number of amides is 2. The fourth-order valence-electron chi connectivity index (χ4n) is 3.90. The van der Waals surface area contributed by atoms with Crippen LogP contribution in [0.5, 0.6) is 11.5 Å². The number of nitrogens with zero attached hydrogens (tertiary/aromatic N) is 2. The second-order valence-electron chi connectivity index (χ2n) is 9.36. The maximum atomic E-state index is 12.9. The molecule has 1 saturated heterocycles. The van der Waals surface area contributed by atoms with Gasteiger partial charge >= 0.3 is 0 Å². The van der Waals surface area contributed by atoms with Crippen molar-refractivity contribution in [2.45, 2.75) is 37.3 Å². The minimum absolute atomic E-state index is 0.102. The second-order valence-corrected chi connectivity index (χ2v) is 11.0. The summed E-state index contributed by atoms with van der Waals surface area (Å²) in [5.74, 6) is 0.799. The largest absolute Gasteiger partial charge is 0.485 e. The molecule has 2 aromatic carbocycles. The number of piperazine rings is 1. The van der Waals surface area contributed by atoms with E-state index in [1.165, 1.54) is 24.3 Å². The van der Waals surface area contributed by atoms with Crippen LogP contribution in [0.1, 0.15) is 31.1 Å². The van der Waals surface area contributed by atoms with Gasteiger partial charge in [-0.15, -0.1) is 0 Å². The quantitative estimate of drug-likeness (QED) is 0.706. The number of nitrogens with one attached hydrogen (secondary N) is 1. The van der Waals surface area contributed by atoms with E-state index in [0.717, 1.165) is 0 Å². The first-order valence-corrected chi connectivity index (χ1v) is 12.6. The summed E-state index contributed by atoms with van der Waals surface area (Å²) < 4.78 is 39.0. The van der Waals surface area contributed by atoms with Gasteiger partial charge in [0.2, 0.25) is 16.1 Å². The molecule has 0 aliphatic carbocycles. The maximum absolute atomic E-state index is 12.9. The Kier molecular flexibility index (Phi) is 6.55. The zero-order valence-electron chi connectivity index (χ0n) is 19.5. The summed E-state index contributed by atoms with van der Waals surface area (Å²) in [6, 6.07) is 13.1. The van der Waals surface area contributed by atoms with Crippen molar-refractivity contribution >= 4 is 21.8 Å². The molecule has 0 bridgehead atoms. The Morgan fingerprint density at radius 1 is 0.912 bits per heavy atom. The molecule has 34 heavy (non-hydrogen) atoms. The number of rotatable bonds is 4. The number of hydrogen-bond acceptors (Lipinski definition) is 6. The van der Waals surface area contributed by atoms with Gasteiger partial charge in [0, 0.05) is 37.3 Å². The highest BCUT2D eigenvalue weighted by Crippen LogP contribution is 2.31. The maximum Gasteiger partial charge on any atom is 0.267 e. The van der Waals surface area contributed by atoms with Crippen molar-refractivity contribution in [3.63, 3.8) is 0 Å². The van der Waals surface area contributed by atoms with Crippen LogP contribution in [-0.4, -0.2) is 74.5 Å². The van der Waals surface area contributed by atoms with Crippen molar-refractivity contribution in [3.05, 3.63) is 54.1 Å². The van der Waals surface area contributed by atoms with E-state index in [1.807, 2.05) is 12.1 Å². The molecule has 2 aliphatic heterocycles. The molecule has 2 amide bonds. The number of carbonyl (C=O) groups is 2. The number of para-hydroxylation sites is 2. The van der Waals surface area contributed by atoms with E-state index >= 15 is 0 Å². The lowest BCUT2D eigenvalue weighted by atomic mass is 10.1. The SMILES string of the molecule is CC(C)(C)NS(=O)(=O)c1ccc(C(=O)N2CCN(C(=O)C3COc4ccccc4O3)CC2)cc1. The molecule has 9 nitrogen and oxygen atoms in total. The molecule has 4 rings (SSSR count). The van der Waals surface area contributed by atoms with Gasteiger partial charge in [-0.25, -0.2) is 13.1 Å². The van der Waals surface area contributed by atoms with Crippen molar-refractivity contribution in [2.75, 3.05) is 32.8 Å². The molecule has 0 saturated carbocycles. The summed E-state index contributed by atoms with van der Waals surface area (Å²) in [5.41, 5.74) is -0.210. The minimum Gasteiger partial charge on any atom is -0.485 e. The molecule has 2 aromatic rings. The summed E-state index contributed by atoms with van der Waals surface area (Å²) in [4.78, 5) is 29.3. The third-order valence-electron chi connectivity index (χ3n) is 5.51.